The number of hydrogen-bond acceptors (Lipinski definition) is 4. The fraction of sp³-hybridized carbons (Fsp3) is 0.100. The van der Waals surface area contributed by atoms with Crippen molar-refractivity contribution in [3.63, 3.8) is 0 Å². The van der Waals surface area contributed by atoms with Gasteiger partial charge in [0.2, 0.25) is 0 Å². The Balaban J connectivity index is 2.67. The molecule has 0 unspecified atom stereocenters. The van der Waals surface area contributed by atoms with E-state index in [1.54, 1.807) is 30.5 Å². The highest BCUT2D eigenvalue weighted by molar-refractivity contribution is 7.86. The molecule has 78 valence electrons. The summed E-state index contributed by atoms with van der Waals surface area (Å²) in [6.45, 7) is 0. The van der Waals surface area contributed by atoms with E-state index < -0.39 is 10.1 Å². The molecule has 0 radical (unpaired) electrons. The van der Waals surface area contributed by atoms with Gasteiger partial charge in [-0.15, -0.1) is 0 Å². The third-order valence-corrected chi connectivity index (χ3v) is 3.35. The minimum atomic E-state index is -3.62. The summed E-state index contributed by atoms with van der Waals surface area (Å²) >= 11 is 0. The van der Waals surface area contributed by atoms with Crippen LogP contribution in [0, 0.1) is 0 Å². The lowest BCUT2D eigenvalue weighted by molar-refractivity contribution is 0.398. The first-order chi connectivity index (χ1) is 7.13. The van der Waals surface area contributed by atoms with Crippen LogP contribution in [0.25, 0.3) is 10.9 Å². The number of nitrogens with zero attached hydrogens (tertiary/aromatic N) is 1. The molecule has 0 spiro atoms. The molecule has 1 aromatic carbocycles. The second kappa shape index (κ2) is 3.60. The summed E-state index contributed by atoms with van der Waals surface area (Å²) < 4.78 is 27.2. The molecule has 0 atom stereocenters. The highest BCUT2D eigenvalue weighted by Crippen LogP contribution is 2.18. The molecule has 0 saturated heterocycles. The van der Waals surface area contributed by atoms with Gasteiger partial charge < -0.3 is 0 Å². The van der Waals surface area contributed by atoms with Crippen LogP contribution in [0.15, 0.2) is 41.4 Å². The topological polar surface area (TPSA) is 56.3 Å². The third-order valence-electron chi connectivity index (χ3n) is 2.08. The summed E-state index contributed by atoms with van der Waals surface area (Å²) in [6, 6.07) is 8.24. The van der Waals surface area contributed by atoms with Crippen LogP contribution < -0.4 is 0 Å². The Hall–Kier alpha value is -1.46. The first-order valence-electron chi connectivity index (χ1n) is 4.29. The van der Waals surface area contributed by atoms with Gasteiger partial charge in [-0.3, -0.25) is 9.17 Å². The van der Waals surface area contributed by atoms with Crippen LogP contribution in [-0.4, -0.2) is 20.5 Å². The molecule has 1 aromatic heterocycles. The predicted octanol–water partition coefficient (Wildman–Crippen LogP) is 1.57. The Bertz CT molecular complexity index is 592. The van der Waals surface area contributed by atoms with Gasteiger partial charge in [-0.05, 0) is 24.3 Å². The molecule has 0 bridgehead atoms. The van der Waals surface area contributed by atoms with E-state index in [1.165, 1.54) is 6.07 Å². The van der Waals surface area contributed by atoms with E-state index in [-0.39, 0.29) is 4.90 Å². The minimum absolute atomic E-state index is 0.144. The number of fused-ring (bicyclic) bond motifs is 1. The van der Waals surface area contributed by atoms with Gasteiger partial charge >= 0.3 is 0 Å². The van der Waals surface area contributed by atoms with E-state index in [0.29, 0.717) is 0 Å². The summed E-state index contributed by atoms with van der Waals surface area (Å²) in [4.78, 5) is 4.24. The van der Waals surface area contributed by atoms with Crippen molar-refractivity contribution in [3.05, 3.63) is 36.5 Å². The van der Waals surface area contributed by atoms with Gasteiger partial charge in [0, 0.05) is 11.6 Å². The summed E-state index contributed by atoms with van der Waals surface area (Å²) in [6.07, 6.45) is 1.66. The molecular weight excluding hydrogens is 214 g/mol. The zero-order chi connectivity index (χ0) is 10.9. The second-order valence-electron chi connectivity index (χ2n) is 2.98. The SMILES string of the molecule is COS(=O)(=O)c1ccc2ncccc2c1. The number of rotatable bonds is 2. The van der Waals surface area contributed by atoms with E-state index >= 15 is 0 Å². The first kappa shape index (κ1) is 10.1. The molecule has 0 aliphatic rings. The van der Waals surface area contributed by atoms with E-state index in [9.17, 15) is 8.42 Å². The molecule has 4 nitrogen and oxygen atoms in total. The van der Waals surface area contributed by atoms with Gasteiger partial charge in [-0.2, -0.15) is 8.42 Å². The van der Waals surface area contributed by atoms with Crippen LogP contribution in [0.1, 0.15) is 0 Å². The van der Waals surface area contributed by atoms with Crippen LogP contribution in [0.2, 0.25) is 0 Å². The lowest BCUT2D eigenvalue weighted by Crippen LogP contribution is -2.02. The van der Waals surface area contributed by atoms with Gasteiger partial charge in [-0.1, -0.05) is 6.07 Å². The Morgan fingerprint density at radius 3 is 2.80 bits per heavy atom. The molecule has 0 N–H and O–H groups in total. The molecular formula is C10H9NO3S. The highest BCUT2D eigenvalue weighted by Gasteiger charge is 2.12. The van der Waals surface area contributed by atoms with Crippen molar-refractivity contribution in [2.24, 2.45) is 0 Å². The van der Waals surface area contributed by atoms with Gasteiger partial charge in [0.15, 0.2) is 0 Å². The number of hydrogen-bond donors (Lipinski definition) is 0. The lowest BCUT2D eigenvalue weighted by atomic mass is 10.2. The minimum Gasteiger partial charge on any atom is -0.270 e. The van der Waals surface area contributed by atoms with Crippen molar-refractivity contribution in [3.8, 4) is 0 Å². The fourth-order valence-electron chi connectivity index (χ4n) is 1.31. The third kappa shape index (κ3) is 1.84. The number of pyridine rings is 1. The molecule has 0 aliphatic heterocycles. The van der Waals surface area contributed by atoms with Crippen LogP contribution in [0.5, 0.6) is 0 Å². The molecule has 0 fully saturated rings. The maximum Gasteiger partial charge on any atom is 0.296 e. The Morgan fingerprint density at radius 1 is 1.27 bits per heavy atom. The quantitative estimate of drug-likeness (QED) is 0.725. The van der Waals surface area contributed by atoms with Crippen LogP contribution in [-0.2, 0) is 14.3 Å². The monoisotopic (exact) mass is 223 g/mol. The second-order valence-corrected chi connectivity index (χ2v) is 4.69. The Kier molecular flexibility index (Phi) is 2.42. The van der Waals surface area contributed by atoms with Crippen LogP contribution in [0.3, 0.4) is 0 Å². The Morgan fingerprint density at radius 2 is 2.07 bits per heavy atom. The largest absolute Gasteiger partial charge is 0.296 e. The highest BCUT2D eigenvalue weighted by atomic mass is 32.2. The predicted molar refractivity (Wildman–Crippen MR) is 55.9 cm³/mol. The lowest BCUT2D eigenvalue weighted by Gasteiger charge is -2.02. The maximum absolute atomic E-state index is 11.4. The number of aromatic nitrogens is 1. The molecule has 0 saturated carbocycles. The fourth-order valence-corrected chi connectivity index (χ4v) is 2.00. The van der Waals surface area contributed by atoms with E-state index in [4.69, 9.17) is 0 Å². The van der Waals surface area contributed by atoms with E-state index in [0.717, 1.165) is 18.0 Å². The molecule has 1 heterocycles. The zero-order valence-corrected chi connectivity index (χ0v) is 8.86. The van der Waals surface area contributed by atoms with Crippen molar-refractivity contribution >= 4 is 21.0 Å². The normalized spacial score (nSPS) is 11.8. The van der Waals surface area contributed by atoms with Crippen LogP contribution >= 0.6 is 0 Å². The summed E-state index contributed by atoms with van der Waals surface area (Å²) in [5, 5.41) is 0.774. The molecule has 0 amide bonds. The molecule has 0 aliphatic carbocycles. The van der Waals surface area contributed by atoms with Gasteiger partial charge in [0.25, 0.3) is 10.1 Å². The maximum atomic E-state index is 11.4. The summed E-state index contributed by atoms with van der Waals surface area (Å²) in [5.74, 6) is 0. The van der Waals surface area contributed by atoms with E-state index in [1.807, 2.05) is 0 Å². The van der Waals surface area contributed by atoms with Crippen LogP contribution in [0.4, 0.5) is 0 Å². The average molecular weight is 223 g/mol. The first-order valence-corrected chi connectivity index (χ1v) is 5.70. The molecule has 5 heteroatoms. The zero-order valence-electron chi connectivity index (χ0n) is 8.04. The van der Waals surface area contributed by atoms with Gasteiger partial charge in [0.05, 0.1) is 17.5 Å². The summed E-state index contributed by atoms with van der Waals surface area (Å²) in [5.41, 5.74) is 0.757. The van der Waals surface area contributed by atoms with Crippen molar-refractivity contribution in [1.29, 1.82) is 0 Å². The van der Waals surface area contributed by atoms with Gasteiger partial charge in [-0.25, -0.2) is 0 Å². The Labute approximate surface area is 87.6 Å². The van der Waals surface area contributed by atoms with Gasteiger partial charge in [0.1, 0.15) is 0 Å². The molecule has 15 heavy (non-hydrogen) atoms. The molecule has 2 rings (SSSR count). The van der Waals surface area contributed by atoms with E-state index in [2.05, 4.69) is 9.17 Å². The van der Waals surface area contributed by atoms with Crippen molar-refractivity contribution < 1.29 is 12.6 Å². The molecule has 2 aromatic rings. The van der Waals surface area contributed by atoms with Crippen molar-refractivity contribution in [1.82, 2.24) is 4.98 Å². The number of benzene rings is 1. The summed E-state index contributed by atoms with van der Waals surface area (Å²) in [7, 11) is -2.48. The van der Waals surface area contributed by atoms with Crippen molar-refractivity contribution in [2.75, 3.05) is 7.11 Å². The standard InChI is InChI=1S/C10H9NO3S/c1-14-15(12,13)9-4-5-10-8(7-9)3-2-6-11-10/h2-7H,1H3. The average Bonchev–Trinajstić information content (AvgIpc) is 2.28. The smallest absolute Gasteiger partial charge is 0.270 e. The van der Waals surface area contributed by atoms with Crippen molar-refractivity contribution in [2.45, 2.75) is 4.90 Å².